The van der Waals surface area contributed by atoms with Crippen LogP contribution in [0.5, 0.6) is 0 Å². The number of fused-ring (bicyclic) bond motifs is 12. The van der Waals surface area contributed by atoms with Crippen LogP contribution in [0, 0.1) is 0 Å². The third-order valence-corrected chi connectivity index (χ3v) is 24.4. The minimum atomic E-state index is 0.634. The van der Waals surface area contributed by atoms with E-state index < -0.39 is 0 Å². The summed E-state index contributed by atoms with van der Waals surface area (Å²) in [6.07, 6.45) is 3.79. The number of benzene rings is 16. The first-order valence-electron chi connectivity index (χ1n) is 42.2. The standard InChI is InChI=1S/C62H40N6.C53H36N4/c1-4-15-42(16-5-1)54-23-14-26-61(64-54)68-58-25-13-11-22-51(58)53-36-45(29-34-60(53)68)41-27-31-49(32-28-41)67-57-24-12-10-21-50(57)52-37-46(30-33-59(52)67)47-35-48(40-63-39-47)62-65-55(43-17-6-2-7-18-43)38-56(66-62)44-19-8-3-9-20-44;1-56-49-21-10-8-19-43(49)45-33-41(27-29-50(45)56)39-17-12-18-42(31-39)57-51-22-11-9-20-44(51)46-32-40(28-30-52(46)57)35-23-25-38(26-24-35)53-54-47(36-13-4-2-5-14-36)34-48(55-53)37-15-6-3-7-16-37/h1-40H;2-34H,1H3. The second kappa shape index (κ2) is 31.1. The van der Waals surface area contributed by atoms with Crippen LogP contribution in [-0.2, 0) is 7.05 Å². The number of nitrogens with zero attached hydrogens (tertiary/aromatic N) is 10. The van der Waals surface area contributed by atoms with E-state index >= 15 is 0 Å². The third kappa shape index (κ3) is 13.4. The minimum absolute atomic E-state index is 0.634. The fraction of sp³-hybridized carbons (Fsp3) is 0.00870. The lowest BCUT2D eigenvalue weighted by Gasteiger charge is -2.11. The number of para-hydroxylation sites is 4. The first-order chi connectivity index (χ1) is 61.9. The largest absolute Gasteiger partial charge is 0.344 e. The topological polar surface area (TPSA) is 97.1 Å². The number of pyridine rings is 2. The van der Waals surface area contributed by atoms with Crippen molar-refractivity contribution in [2.45, 2.75) is 0 Å². The first-order valence-corrected chi connectivity index (χ1v) is 42.2. The monoisotopic (exact) mass is 1600 g/mol. The molecule has 10 heteroatoms. The minimum Gasteiger partial charge on any atom is -0.344 e. The number of aryl methyl sites for hydroxylation is 1. The van der Waals surface area contributed by atoms with Crippen molar-refractivity contribution >= 4 is 87.2 Å². The molecule has 0 aliphatic heterocycles. The van der Waals surface area contributed by atoms with Gasteiger partial charge in [-0.1, -0.05) is 303 Å². The van der Waals surface area contributed by atoms with E-state index in [-0.39, 0.29) is 0 Å². The number of rotatable bonds is 14. The highest BCUT2D eigenvalue weighted by atomic mass is 15.1. The van der Waals surface area contributed by atoms with Gasteiger partial charge in [-0.3, -0.25) is 9.55 Å². The Morgan fingerprint density at radius 2 is 0.480 bits per heavy atom. The molecule has 0 atom stereocenters. The van der Waals surface area contributed by atoms with Crippen LogP contribution < -0.4 is 0 Å². The highest BCUT2D eigenvalue weighted by molar-refractivity contribution is 6.14. The Hall–Kier alpha value is -16.8. The Bertz CT molecular complexity index is 8140. The van der Waals surface area contributed by atoms with Crippen molar-refractivity contribution in [3.63, 3.8) is 0 Å². The summed E-state index contributed by atoms with van der Waals surface area (Å²) < 4.78 is 9.34. The summed E-state index contributed by atoms with van der Waals surface area (Å²) in [5.74, 6) is 2.24. The van der Waals surface area contributed by atoms with Crippen molar-refractivity contribution in [3.8, 4) is 141 Å². The maximum Gasteiger partial charge on any atom is 0.161 e. The van der Waals surface area contributed by atoms with Crippen LogP contribution in [0.15, 0.2) is 443 Å². The molecule has 0 aliphatic carbocycles. The Balaban J connectivity index is 0.000000146. The summed E-state index contributed by atoms with van der Waals surface area (Å²) in [5, 5.41) is 9.76. The normalized spacial score (nSPS) is 11.6. The van der Waals surface area contributed by atoms with Crippen LogP contribution in [0.2, 0.25) is 0 Å². The van der Waals surface area contributed by atoms with E-state index in [1.807, 2.05) is 91.3 Å². The predicted molar refractivity (Wildman–Crippen MR) is 516 cm³/mol. The molecule has 125 heavy (non-hydrogen) atoms. The van der Waals surface area contributed by atoms with Gasteiger partial charge in [0.1, 0.15) is 5.82 Å². The van der Waals surface area contributed by atoms with Gasteiger partial charge in [-0.15, -0.1) is 0 Å². The zero-order valence-electron chi connectivity index (χ0n) is 68.1. The van der Waals surface area contributed by atoms with E-state index in [1.165, 1.54) is 76.3 Å². The molecule has 0 spiro atoms. The van der Waals surface area contributed by atoms with Gasteiger partial charge in [-0.25, -0.2) is 24.9 Å². The Kier molecular flexibility index (Phi) is 18.2. The number of hydrogen-bond acceptors (Lipinski definition) is 6. The summed E-state index contributed by atoms with van der Waals surface area (Å²) in [6, 6.07) is 153. The molecule has 8 heterocycles. The summed E-state index contributed by atoms with van der Waals surface area (Å²) in [4.78, 5) is 30.1. The van der Waals surface area contributed by atoms with Crippen molar-refractivity contribution in [1.82, 2.24) is 48.2 Å². The second-order valence-corrected chi connectivity index (χ2v) is 31.8. The quantitative estimate of drug-likeness (QED) is 0.108. The van der Waals surface area contributed by atoms with Crippen LogP contribution in [0.3, 0.4) is 0 Å². The van der Waals surface area contributed by atoms with E-state index in [0.29, 0.717) is 11.6 Å². The SMILES string of the molecule is Cn1c2ccccc2c2cc(-c3cccc(-n4c5ccccc5c5cc(-c6ccc(-c7nc(-c8ccccc8)cc(-c8ccccc8)n7)cc6)ccc54)c3)ccc21.c1ccc(-c2cccc(-n3c4ccccc4c4cc(-c5ccc(-n6c7ccccc7c7cc(-c8cncc(-c9nc(-c%10ccccc%10)cc(-c%10ccccc%10)n9)c8)ccc76)cc5)ccc43)n2)cc1. The molecular formula is C115H76N10. The molecule has 0 radical (unpaired) electrons. The summed E-state index contributed by atoms with van der Waals surface area (Å²) in [6.45, 7) is 0. The molecule has 0 unspecified atom stereocenters. The maximum absolute atomic E-state index is 5.15. The van der Waals surface area contributed by atoms with Crippen molar-refractivity contribution in [2.24, 2.45) is 7.05 Å². The first kappa shape index (κ1) is 73.3. The van der Waals surface area contributed by atoms with E-state index in [0.717, 1.165) is 140 Å². The Morgan fingerprint density at radius 3 is 0.968 bits per heavy atom. The predicted octanol–water partition coefficient (Wildman–Crippen LogP) is 29.0. The fourth-order valence-corrected chi connectivity index (χ4v) is 18.3. The molecule has 0 aliphatic rings. The van der Waals surface area contributed by atoms with Gasteiger partial charge in [0, 0.05) is 129 Å². The highest BCUT2D eigenvalue weighted by Crippen LogP contribution is 2.43. The van der Waals surface area contributed by atoms with E-state index in [9.17, 15) is 0 Å². The molecule has 0 amide bonds. The Labute approximate surface area is 721 Å². The maximum atomic E-state index is 5.15. The third-order valence-electron chi connectivity index (χ3n) is 24.4. The van der Waals surface area contributed by atoms with Crippen LogP contribution in [0.25, 0.3) is 228 Å². The fourth-order valence-electron chi connectivity index (χ4n) is 18.3. The van der Waals surface area contributed by atoms with Gasteiger partial charge in [0.2, 0.25) is 0 Å². The van der Waals surface area contributed by atoms with Gasteiger partial charge in [0.25, 0.3) is 0 Å². The number of hydrogen-bond donors (Lipinski definition) is 0. The molecule has 8 aromatic heterocycles. The van der Waals surface area contributed by atoms with E-state index in [4.69, 9.17) is 29.9 Å². The van der Waals surface area contributed by atoms with Gasteiger partial charge >= 0.3 is 0 Å². The van der Waals surface area contributed by atoms with Gasteiger partial charge < -0.3 is 13.7 Å². The average molecular weight is 1600 g/mol. The second-order valence-electron chi connectivity index (χ2n) is 31.8. The molecule has 0 saturated heterocycles. The van der Waals surface area contributed by atoms with Crippen molar-refractivity contribution in [3.05, 3.63) is 443 Å². The molecule has 586 valence electrons. The molecule has 0 N–H and O–H groups in total. The molecule has 0 fully saturated rings. The molecule has 24 aromatic rings. The van der Waals surface area contributed by atoms with Gasteiger partial charge in [-0.2, -0.15) is 0 Å². The zero-order chi connectivity index (χ0) is 82.8. The molecule has 0 saturated carbocycles. The van der Waals surface area contributed by atoms with Gasteiger partial charge in [-0.05, 0) is 166 Å². The lowest BCUT2D eigenvalue weighted by molar-refractivity contribution is 1.01. The lowest BCUT2D eigenvalue weighted by atomic mass is 10.0. The molecule has 24 rings (SSSR count). The molecular weight excluding hydrogens is 1520 g/mol. The smallest absolute Gasteiger partial charge is 0.161 e. The van der Waals surface area contributed by atoms with E-state index in [2.05, 4.69) is 377 Å². The average Bonchev–Trinajstić information content (AvgIpc) is 1.59. The molecule has 10 nitrogen and oxygen atoms in total. The molecule has 0 bridgehead atoms. The highest BCUT2D eigenvalue weighted by Gasteiger charge is 2.22. The van der Waals surface area contributed by atoms with Crippen LogP contribution in [-0.4, -0.2) is 48.2 Å². The summed E-state index contributed by atoms with van der Waals surface area (Å²) >= 11 is 0. The Morgan fingerprint density at radius 1 is 0.168 bits per heavy atom. The van der Waals surface area contributed by atoms with E-state index in [1.54, 1.807) is 0 Å². The van der Waals surface area contributed by atoms with Crippen LogP contribution >= 0.6 is 0 Å². The molecule has 16 aromatic carbocycles. The van der Waals surface area contributed by atoms with Crippen LogP contribution in [0.1, 0.15) is 0 Å². The van der Waals surface area contributed by atoms with Crippen molar-refractivity contribution in [1.29, 1.82) is 0 Å². The van der Waals surface area contributed by atoms with Gasteiger partial charge in [0.15, 0.2) is 11.6 Å². The zero-order valence-corrected chi connectivity index (χ0v) is 68.1. The van der Waals surface area contributed by atoms with Crippen LogP contribution in [0.4, 0.5) is 0 Å². The van der Waals surface area contributed by atoms with Gasteiger partial charge in [0.05, 0.1) is 61.6 Å². The van der Waals surface area contributed by atoms with Crippen molar-refractivity contribution in [2.75, 3.05) is 0 Å². The lowest BCUT2D eigenvalue weighted by Crippen LogP contribution is -1.98. The van der Waals surface area contributed by atoms with Crippen molar-refractivity contribution < 1.29 is 0 Å². The summed E-state index contributed by atoms with van der Waals surface area (Å²) in [7, 11) is 2.15. The summed E-state index contributed by atoms with van der Waals surface area (Å²) in [5.41, 5.74) is 32.4. The number of aromatic nitrogens is 10.